The zero-order chi connectivity index (χ0) is 23.1. The van der Waals surface area contributed by atoms with Gasteiger partial charge in [-0.1, -0.05) is 47.7 Å². The third kappa shape index (κ3) is 3.70. The molecule has 0 saturated carbocycles. The summed E-state index contributed by atoms with van der Waals surface area (Å²) >= 11 is 1.23. The van der Waals surface area contributed by atoms with Gasteiger partial charge in [-0.05, 0) is 37.1 Å². The minimum Gasteiger partial charge on any atom is -0.306 e. The average molecular weight is 458 g/mol. The van der Waals surface area contributed by atoms with Crippen molar-refractivity contribution in [3.63, 3.8) is 0 Å². The second kappa shape index (κ2) is 8.06. The Balaban J connectivity index is 1.78. The molecule has 1 aromatic carbocycles. The first-order valence-corrected chi connectivity index (χ1v) is 11.0. The first kappa shape index (κ1) is 20.7. The smallest absolute Gasteiger partial charge is 0.267 e. The number of benzene rings is 1. The lowest BCUT2D eigenvalue weighted by atomic mass is 10.1. The predicted octanol–water partition coefficient (Wildman–Crippen LogP) is 2.90. The molecule has 0 aliphatic carbocycles. The number of aryl methyl sites for hydroxylation is 2. The van der Waals surface area contributed by atoms with E-state index in [1.54, 1.807) is 23.8 Å². The van der Waals surface area contributed by atoms with Crippen LogP contribution in [0.4, 0.5) is 5.13 Å². The largest absolute Gasteiger partial charge is 0.306 e. The molecule has 9 nitrogen and oxygen atoms in total. The van der Waals surface area contributed by atoms with E-state index in [9.17, 15) is 9.59 Å². The summed E-state index contributed by atoms with van der Waals surface area (Å²) in [6.07, 6.45) is 1.65. The average Bonchev–Trinajstić information content (AvgIpc) is 3.21. The molecule has 5 aromatic rings. The molecule has 5 rings (SSSR count). The van der Waals surface area contributed by atoms with E-state index < -0.39 is 5.91 Å². The second-order valence-corrected chi connectivity index (χ2v) is 8.78. The monoisotopic (exact) mass is 457 g/mol. The number of pyridine rings is 2. The molecule has 0 unspecified atom stereocenters. The van der Waals surface area contributed by atoms with Gasteiger partial charge in [0.25, 0.3) is 11.5 Å². The van der Waals surface area contributed by atoms with E-state index in [1.165, 1.54) is 21.8 Å². The number of aromatic nitrogens is 5. The van der Waals surface area contributed by atoms with E-state index >= 15 is 0 Å². The molecule has 4 aromatic heterocycles. The molecule has 0 saturated heterocycles. The van der Waals surface area contributed by atoms with E-state index in [1.807, 2.05) is 43.3 Å². The van der Waals surface area contributed by atoms with Gasteiger partial charge in [0.1, 0.15) is 21.8 Å². The van der Waals surface area contributed by atoms with Crippen LogP contribution < -0.4 is 16.4 Å². The van der Waals surface area contributed by atoms with Crippen LogP contribution in [0.2, 0.25) is 0 Å². The van der Waals surface area contributed by atoms with Crippen LogP contribution in [-0.2, 0) is 6.54 Å². The van der Waals surface area contributed by atoms with Crippen LogP contribution in [0, 0.1) is 19.3 Å². The Kier molecular flexibility index (Phi) is 5.06. The van der Waals surface area contributed by atoms with Gasteiger partial charge in [0, 0.05) is 6.20 Å². The van der Waals surface area contributed by atoms with Crippen LogP contribution in [-0.4, -0.2) is 30.1 Å². The van der Waals surface area contributed by atoms with Gasteiger partial charge in [-0.25, -0.2) is 4.98 Å². The maximum absolute atomic E-state index is 13.4. The quantitative estimate of drug-likeness (QED) is 0.402. The van der Waals surface area contributed by atoms with Gasteiger partial charge in [0.05, 0.1) is 17.5 Å². The first-order chi connectivity index (χ1) is 15.9. The van der Waals surface area contributed by atoms with Gasteiger partial charge >= 0.3 is 0 Å². The highest BCUT2D eigenvalue weighted by atomic mass is 32.1. The zero-order valence-corrected chi connectivity index (χ0v) is 18.7. The number of nitrogens with one attached hydrogen (secondary N) is 2. The van der Waals surface area contributed by atoms with E-state index in [2.05, 4.69) is 15.5 Å². The topological polar surface area (TPSA) is 118 Å². The van der Waals surface area contributed by atoms with Crippen molar-refractivity contribution in [2.75, 3.05) is 5.32 Å². The summed E-state index contributed by atoms with van der Waals surface area (Å²) in [5.74, 6) is -0.534. The Hall–Kier alpha value is -4.18. The number of anilines is 1. The fraction of sp³-hybridized carbons (Fsp3) is 0.130. The van der Waals surface area contributed by atoms with Gasteiger partial charge in [-0.2, -0.15) is 0 Å². The summed E-state index contributed by atoms with van der Waals surface area (Å²) in [6.45, 7) is 3.94. The van der Waals surface area contributed by atoms with Crippen molar-refractivity contribution in [3.05, 3.63) is 92.3 Å². The molecule has 0 radical (unpaired) electrons. The molecule has 2 N–H and O–H groups in total. The highest BCUT2D eigenvalue weighted by Gasteiger charge is 2.19. The Labute approximate surface area is 191 Å². The Bertz CT molecular complexity index is 1650. The molecular weight excluding hydrogens is 438 g/mol. The van der Waals surface area contributed by atoms with Gasteiger partial charge in [-0.3, -0.25) is 24.7 Å². The summed E-state index contributed by atoms with van der Waals surface area (Å²) in [5.41, 5.74) is 2.32. The van der Waals surface area contributed by atoms with Gasteiger partial charge in [0.2, 0.25) is 5.13 Å². The van der Waals surface area contributed by atoms with E-state index in [0.717, 1.165) is 11.1 Å². The van der Waals surface area contributed by atoms with Gasteiger partial charge < -0.3 is 4.57 Å². The van der Waals surface area contributed by atoms with E-state index in [4.69, 9.17) is 10.4 Å². The number of carbonyl (C=O) groups excluding carboxylic acids is 1. The molecule has 0 aliphatic heterocycles. The highest BCUT2D eigenvalue weighted by molar-refractivity contribution is 7.15. The van der Waals surface area contributed by atoms with E-state index in [0.29, 0.717) is 21.4 Å². The third-order valence-electron chi connectivity index (χ3n) is 5.31. The second-order valence-electron chi connectivity index (χ2n) is 7.60. The van der Waals surface area contributed by atoms with Crippen molar-refractivity contribution in [1.29, 1.82) is 5.41 Å². The van der Waals surface area contributed by atoms with Crippen LogP contribution in [0.1, 0.15) is 26.5 Å². The first-order valence-electron chi connectivity index (χ1n) is 10.2. The lowest BCUT2D eigenvalue weighted by Crippen LogP contribution is -2.32. The molecule has 0 bridgehead atoms. The summed E-state index contributed by atoms with van der Waals surface area (Å²) in [6, 6.07) is 14.6. The third-order valence-corrected chi connectivity index (χ3v) is 6.06. The summed E-state index contributed by atoms with van der Waals surface area (Å²) in [4.78, 5) is 31.2. The van der Waals surface area contributed by atoms with Gasteiger partial charge in [-0.15, -0.1) is 10.2 Å². The minimum absolute atomic E-state index is 0.0464. The van der Waals surface area contributed by atoms with Crippen molar-refractivity contribution in [2.45, 2.75) is 20.4 Å². The number of amides is 1. The molecule has 1 amide bonds. The molecular formula is C23H19N7O2S. The summed E-state index contributed by atoms with van der Waals surface area (Å²) < 4.78 is 3.06. The lowest BCUT2D eigenvalue weighted by molar-refractivity contribution is 0.102. The molecule has 10 heteroatoms. The Morgan fingerprint density at radius 3 is 2.61 bits per heavy atom. The molecule has 0 fully saturated rings. The predicted molar refractivity (Wildman–Crippen MR) is 126 cm³/mol. The van der Waals surface area contributed by atoms with Crippen LogP contribution in [0.5, 0.6) is 0 Å². The molecule has 0 spiro atoms. The lowest BCUT2D eigenvalue weighted by Gasteiger charge is -2.15. The van der Waals surface area contributed by atoms with Crippen molar-refractivity contribution >= 4 is 39.1 Å². The zero-order valence-electron chi connectivity index (χ0n) is 17.9. The molecule has 33 heavy (non-hydrogen) atoms. The Morgan fingerprint density at radius 1 is 1.09 bits per heavy atom. The highest BCUT2D eigenvalue weighted by Crippen LogP contribution is 2.17. The number of fused-ring (bicyclic) bond motifs is 2. The minimum atomic E-state index is -0.534. The number of carbonyl (C=O) groups is 1. The number of rotatable bonds is 4. The van der Waals surface area contributed by atoms with Crippen LogP contribution >= 0.6 is 11.3 Å². The van der Waals surface area contributed by atoms with Crippen molar-refractivity contribution in [2.24, 2.45) is 0 Å². The summed E-state index contributed by atoms with van der Waals surface area (Å²) in [7, 11) is 0. The van der Waals surface area contributed by atoms with Crippen molar-refractivity contribution in [3.8, 4) is 0 Å². The number of nitrogens with zero attached hydrogens (tertiary/aromatic N) is 5. The molecule has 0 aliphatic rings. The fourth-order valence-electron chi connectivity index (χ4n) is 3.70. The van der Waals surface area contributed by atoms with Crippen molar-refractivity contribution in [1.82, 2.24) is 24.1 Å². The maximum atomic E-state index is 13.4. The maximum Gasteiger partial charge on any atom is 0.267 e. The molecule has 0 atom stereocenters. The van der Waals surface area contributed by atoms with Crippen LogP contribution in [0.15, 0.2) is 59.5 Å². The van der Waals surface area contributed by atoms with Crippen molar-refractivity contribution < 1.29 is 4.79 Å². The fourth-order valence-corrected chi connectivity index (χ4v) is 4.29. The molecule has 164 valence electrons. The Morgan fingerprint density at radius 2 is 1.88 bits per heavy atom. The standard InChI is InChI=1S/C23H19N7O2S/c1-13-7-6-10-29-19(13)25-20-17(22(29)32)11-16(21(31)26-23-28-27-14(2)33-23)18(24)30(20)12-15-8-4-3-5-9-15/h3-11,24H,12H2,1-2H3,(H,26,28,31). The summed E-state index contributed by atoms with van der Waals surface area (Å²) in [5, 5.41) is 20.6. The normalized spacial score (nSPS) is 11.2. The number of hydrogen-bond acceptors (Lipinski definition) is 7. The van der Waals surface area contributed by atoms with Gasteiger partial charge in [0.15, 0.2) is 0 Å². The molecule has 4 heterocycles. The SMILES string of the molecule is Cc1nnc(NC(=O)c2cc3c(=O)n4cccc(C)c4nc3n(Cc3ccccc3)c2=N)s1. The van der Waals surface area contributed by atoms with Crippen LogP contribution in [0.3, 0.4) is 0 Å². The van der Waals surface area contributed by atoms with Crippen LogP contribution in [0.25, 0.3) is 16.7 Å². The van der Waals surface area contributed by atoms with E-state index in [-0.39, 0.29) is 28.5 Å². The number of hydrogen-bond donors (Lipinski definition) is 2.